The topological polar surface area (TPSA) is 127 Å². The van der Waals surface area contributed by atoms with Crippen LogP contribution in [0.5, 0.6) is 0 Å². The summed E-state index contributed by atoms with van der Waals surface area (Å²) in [5.74, 6) is 1.65. The third-order valence-electron chi connectivity index (χ3n) is 7.22. The first-order valence-corrected chi connectivity index (χ1v) is 13.5. The summed E-state index contributed by atoms with van der Waals surface area (Å²) in [7, 11) is 1.80. The van der Waals surface area contributed by atoms with Crippen molar-refractivity contribution in [3.05, 3.63) is 56.6 Å². The van der Waals surface area contributed by atoms with E-state index >= 15 is 0 Å². The normalized spacial score (nSPS) is 18.1. The lowest BCUT2D eigenvalue weighted by Crippen LogP contribution is -2.31. The standard InChI is InChI=1S/C27H32ClN5O3.CH2O2/c1-5-6-9-36-26(35)24-21(7-8-22(28)30-24)29-16(3)19-10-15(2)11-20-23(19)31-27(32(4)25(20)34)33-13-17-12-18(17)14-33;2-1-3/h7-8,10-11,16-18,29H,5-6,9,12-14H2,1-4H3;1H,(H,2,3). The lowest BCUT2D eigenvalue weighted by Gasteiger charge is -2.24. The summed E-state index contributed by atoms with van der Waals surface area (Å²) in [5.41, 5.74) is 3.13. The second kappa shape index (κ2) is 12.0. The van der Waals surface area contributed by atoms with Crippen LogP contribution in [0.25, 0.3) is 10.9 Å². The van der Waals surface area contributed by atoms with Crippen molar-refractivity contribution in [3.8, 4) is 0 Å². The van der Waals surface area contributed by atoms with E-state index in [-0.39, 0.29) is 28.9 Å². The zero-order valence-corrected chi connectivity index (χ0v) is 23.4. The first-order valence-electron chi connectivity index (χ1n) is 13.1. The van der Waals surface area contributed by atoms with E-state index in [0.29, 0.717) is 29.1 Å². The zero-order valence-electron chi connectivity index (χ0n) is 22.6. The van der Waals surface area contributed by atoms with Crippen molar-refractivity contribution in [3.63, 3.8) is 0 Å². The molecule has 2 aromatic heterocycles. The maximum atomic E-state index is 13.4. The SMILES string of the molecule is CCCCOC(=O)c1nc(Cl)ccc1NC(C)c1cc(C)cc2c(=O)n(C)c(N3CC4CC4C3)nc12.O=CO. The van der Waals surface area contributed by atoms with Crippen LogP contribution in [-0.2, 0) is 16.6 Å². The van der Waals surface area contributed by atoms with E-state index < -0.39 is 5.97 Å². The van der Waals surface area contributed by atoms with Crippen LogP contribution in [0.4, 0.5) is 11.6 Å². The molecule has 11 heteroatoms. The molecule has 3 unspecified atom stereocenters. The number of carbonyl (C=O) groups is 2. The number of unbranched alkanes of at least 4 members (excludes halogenated alkanes) is 1. The van der Waals surface area contributed by atoms with Crippen LogP contribution in [0.3, 0.4) is 0 Å². The summed E-state index contributed by atoms with van der Waals surface area (Å²) in [6.45, 7) is 7.97. The monoisotopic (exact) mass is 555 g/mol. The van der Waals surface area contributed by atoms with Gasteiger partial charge in [0.15, 0.2) is 5.69 Å². The van der Waals surface area contributed by atoms with Crippen LogP contribution in [0.1, 0.15) is 60.8 Å². The number of ether oxygens (including phenoxy) is 1. The van der Waals surface area contributed by atoms with Crippen molar-refractivity contribution >= 4 is 46.6 Å². The van der Waals surface area contributed by atoms with Gasteiger partial charge in [-0.05, 0) is 62.3 Å². The fourth-order valence-corrected chi connectivity index (χ4v) is 5.26. The molecule has 0 amide bonds. The summed E-state index contributed by atoms with van der Waals surface area (Å²) in [4.78, 5) is 46.0. The quantitative estimate of drug-likeness (QED) is 0.178. The maximum absolute atomic E-state index is 13.4. The Bertz CT molecular complexity index is 1430. The fourth-order valence-electron chi connectivity index (χ4n) is 5.11. The van der Waals surface area contributed by atoms with Gasteiger partial charge in [-0.3, -0.25) is 14.2 Å². The fraction of sp³-hybridized carbons (Fsp3) is 0.464. The Morgan fingerprint density at radius 3 is 2.64 bits per heavy atom. The van der Waals surface area contributed by atoms with Crippen LogP contribution in [-0.4, -0.2) is 51.8 Å². The molecular weight excluding hydrogens is 522 g/mol. The molecular formula is C28H34ClN5O5. The average molecular weight is 556 g/mol. The molecule has 3 atom stereocenters. The number of aryl methyl sites for hydroxylation is 1. The molecule has 2 aliphatic rings. The second-order valence-corrected chi connectivity index (χ2v) is 10.6. The van der Waals surface area contributed by atoms with Crippen LogP contribution < -0.4 is 15.8 Å². The van der Waals surface area contributed by atoms with E-state index in [1.54, 1.807) is 23.7 Å². The molecule has 1 saturated heterocycles. The van der Waals surface area contributed by atoms with E-state index in [0.717, 1.165) is 48.9 Å². The maximum Gasteiger partial charge on any atom is 0.359 e. The van der Waals surface area contributed by atoms with Crippen molar-refractivity contribution in [1.82, 2.24) is 14.5 Å². The molecule has 0 spiro atoms. The van der Waals surface area contributed by atoms with Gasteiger partial charge in [0.05, 0.1) is 29.2 Å². The highest BCUT2D eigenvalue weighted by Crippen LogP contribution is 2.46. The summed E-state index contributed by atoms with van der Waals surface area (Å²) in [5, 5.41) is 11.1. The van der Waals surface area contributed by atoms with Gasteiger partial charge in [0.1, 0.15) is 5.15 Å². The average Bonchev–Trinajstić information content (AvgIpc) is 3.52. The molecule has 1 aliphatic carbocycles. The van der Waals surface area contributed by atoms with E-state index in [9.17, 15) is 9.59 Å². The van der Waals surface area contributed by atoms with Crippen LogP contribution >= 0.6 is 11.6 Å². The number of aromatic nitrogens is 3. The van der Waals surface area contributed by atoms with Crippen LogP contribution in [0.2, 0.25) is 5.15 Å². The molecule has 5 rings (SSSR count). The number of carboxylic acid groups (broad SMARTS) is 1. The first-order chi connectivity index (χ1) is 18.7. The molecule has 1 aromatic carbocycles. The van der Waals surface area contributed by atoms with E-state index in [2.05, 4.69) is 15.2 Å². The molecule has 10 nitrogen and oxygen atoms in total. The number of esters is 1. The van der Waals surface area contributed by atoms with Gasteiger partial charge in [-0.1, -0.05) is 31.0 Å². The summed E-state index contributed by atoms with van der Waals surface area (Å²) >= 11 is 6.10. The first kappa shape index (κ1) is 28.4. The Morgan fingerprint density at radius 2 is 1.97 bits per heavy atom. The number of piperidine rings is 1. The number of benzene rings is 1. The van der Waals surface area contributed by atoms with Gasteiger partial charge in [0.25, 0.3) is 12.0 Å². The predicted molar refractivity (Wildman–Crippen MR) is 151 cm³/mol. The number of hydrogen-bond acceptors (Lipinski definition) is 8. The summed E-state index contributed by atoms with van der Waals surface area (Å²) in [6.07, 6.45) is 2.98. The molecule has 2 fully saturated rings. The molecule has 39 heavy (non-hydrogen) atoms. The molecule has 0 bridgehead atoms. The van der Waals surface area contributed by atoms with E-state index in [4.69, 9.17) is 31.2 Å². The number of nitrogens with zero attached hydrogens (tertiary/aromatic N) is 4. The van der Waals surface area contributed by atoms with Gasteiger partial charge < -0.3 is 20.1 Å². The van der Waals surface area contributed by atoms with Gasteiger partial charge >= 0.3 is 5.97 Å². The highest BCUT2D eigenvalue weighted by atomic mass is 35.5. The molecule has 1 aliphatic heterocycles. The van der Waals surface area contributed by atoms with Crippen molar-refractivity contribution in [2.75, 3.05) is 29.9 Å². The van der Waals surface area contributed by atoms with Crippen molar-refractivity contribution in [2.24, 2.45) is 18.9 Å². The third-order valence-corrected chi connectivity index (χ3v) is 7.43. The number of pyridine rings is 1. The Labute approximate surface area is 232 Å². The minimum atomic E-state index is -0.517. The van der Waals surface area contributed by atoms with Crippen LogP contribution in [0, 0.1) is 18.8 Å². The zero-order chi connectivity index (χ0) is 28.3. The predicted octanol–water partition coefficient (Wildman–Crippen LogP) is 4.58. The van der Waals surface area contributed by atoms with Crippen molar-refractivity contribution < 1.29 is 19.4 Å². The van der Waals surface area contributed by atoms with Crippen LogP contribution in [0.15, 0.2) is 29.1 Å². The molecule has 1 saturated carbocycles. The van der Waals surface area contributed by atoms with Crippen molar-refractivity contribution in [2.45, 2.75) is 46.1 Å². The molecule has 3 heterocycles. The summed E-state index contributed by atoms with van der Waals surface area (Å²) in [6, 6.07) is 7.04. The number of fused-ring (bicyclic) bond motifs is 2. The minimum absolute atomic E-state index is 0.0546. The smallest absolute Gasteiger partial charge is 0.359 e. The van der Waals surface area contributed by atoms with Gasteiger partial charge in [0.2, 0.25) is 5.95 Å². The van der Waals surface area contributed by atoms with Gasteiger partial charge in [-0.15, -0.1) is 0 Å². The Morgan fingerprint density at radius 1 is 1.28 bits per heavy atom. The lowest BCUT2D eigenvalue weighted by molar-refractivity contribution is -0.122. The van der Waals surface area contributed by atoms with Gasteiger partial charge in [-0.25, -0.2) is 14.8 Å². The lowest BCUT2D eigenvalue weighted by atomic mass is 10.0. The number of hydrogen-bond donors (Lipinski definition) is 2. The molecule has 3 aromatic rings. The Balaban J connectivity index is 0.00000112. The number of anilines is 2. The third kappa shape index (κ3) is 6.16. The van der Waals surface area contributed by atoms with Crippen molar-refractivity contribution in [1.29, 1.82) is 0 Å². The van der Waals surface area contributed by atoms with E-state index in [1.807, 2.05) is 32.9 Å². The highest BCUT2D eigenvalue weighted by molar-refractivity contribution is 6.29. The Kier molecular flexibility index (Phi) is 8.74. The highest BCUT2D eigenvalue weighted by Gasteiger charge is 2.46. The van der Waals surface area contributed by atoms with E-state index in [1.165, 1.54) is 6.42 Å². The minimum Gasteiger partial charge on any atom is -0.483 e. The number of nitrogens with one attached hydrogen (secondary N) is 1. The number of rotatable bonds is 8. The second-order valence-electron chi connectivity index (χ2n) is 10.2. The number of carbonyl (C=O) groups excluding carboxylic acids is 1. The molecule has 208 valence electrons. The van der Waals surface area contributed by atoms with Gasteiger partial charge in [-0.2, -0.15) is 0 Å². The summed E-state index contributed by atoms with van der Waals surface area (Å²) < 4.78 is 7.06. The number of halogens is 1. The largest absolute Gasteiger partial charge is 0.483 e. The molecule has 0 radical (unpaired) electrons. The molecule has 2 N–H and O–H groups in total. The Hall–Kier alpha value is -3.66. The van der Waals surface area contributed by atoms with Gasteiger partial charge in [0, 0.05) is 25.7 Å².